The smallest absolute Gasteiger partial charge is 0.201 e. The van der Waals surface area contributed by atoms with Crippen LogP contribution < -0.4 is 5.73 Å². The summed E-state index contributed by atoms with van der Waals surface area (Å²) in [5.74, 6) is -1.11. The summed E-state index contributed by atoms with van der Waals surface area (Å²) in [5.41, 5.74) is 6.25. The van der Waals surface area contributed by atoms with Gasteiger partial charge >= 0.3 is 0 Å². The lowest BCUT2D eigenvalue weighted by atomic mass is 9.64. The van der Waals surface area contributed by atoms with Gasteiger partial charge in [0.15, 0.2) is 5.82 Å². The van der Waals surface area contributed by atoms with Gasteiger partial charge in [0.2, 0.25) is 5.95 Å². The Labute approximate surface area is 115 Å². The zero-order valence-electron chi connectivity index (χ0n) is 11.7. The van der Waals surface area contributed by atoms with Gasteiger partial charge in [-0.3, -0.25) is 0 Å². The molecule has 1 aliphatic rings. The van der Waals surface area contributed by atoms with E-state index in [2.05, 4.69) is 18.8 Å². The van der Waals surface area contributed by atoms with Crippen LogP contribution in [-0.4, -0.2) is 22.8 Å². The minimum atomic E-state index is -0.689. The van der Waals surface area contributed by atoms with Crippen molar-refractivity contribution in [2.45, 2.75) is 32.4 Å². The van der Waals surface area contributed by atoms with Gasteiger partial charge in [-0.25, -0.2) is 13.8 Å². The number of nitrogens with two attached hydrogens (primary N) is 1. The second-order valence-corrected chi connectivity index (χ2v) is 5.89. The number of hydrogen-bond donors (Lipinski definition) is 1. The van der Waals surface area contributed by atoms with Gasteiger partial charge < -0.3 is 15.0 Å². The normalized spacial score (nSPS) is 24.9. The highest BCUT2D eigenvalue weighted by Gasteiger charge is 2.50. The van der Waals surface area contributed by atoms with Crippen molar-refractivity contribution in [1.29, 1.82) is 0 Å². The maximum atomic E-state index is 13.8. The molecule has 1 saturated carbocycles. The Balaban J connectivity index is 2.16. The number of rotatable bonds is 2. The third-order valence-electron chi connectivity index (χ3n) is 4.46. The van der Waals surface area contributed by atoms with Crippen LogP contribution in [0.4, 0.5) is 14.7 Å². The first-order valence-electron chi connectivity index (χ1n) is 6.51. The number of hydrogen-bond acceptors (Lipinski definition) is 3. The van der Waals surface area contributed by atoms with Gasteiger partial charge in [0, 0.05) is 30.7 Å². The molecule has 1 aromatic carbocycles. The molecule has 0 aliphatic heterocycles. The van der Waals surface area contributed by atoms with Gasteiger partial charge in [-0.1, -0.05) is 13.8 Å². The SMILES string of the molecule is COC1CC(n2c(N)nc3c(F)cc(F)cc32)C1(C)C. The Kier molecular flexibility index (Phi) is 2.76. The average Bonchev–Trinajstić information content (AvgIpc) is 2.67. The number of methoxy groups -OCH3 is 1. The standard InChI is InChI=1S/C14H17F2N3O/c1-14(2)10(6-11(14)20-3)19-9-5-7(15)4-8(16)12(9)18-13(19)17/h4-5,10-11H,6H2,1-3H3,(H2,17,18). The second kappa shape index (κ2) is 4.15. The van der Waals surface area contributed by atoms with Crippen LogP contribution in [0.1, 0.15) is 26.3 Å². The maximum Gasteiger partial charge on any atom is 0.201 e. The second-order valence-electron chi connectivity index (χ2n) is 5.89. The number of ether oxygens (including phenoxy) is 1. The fourth-order valence-electron chi connectivity index (χ4n) is 3.17. The first-order valence-corrected chi connectivity index (χ1v) is 6.51. The average molecular weight is 281 g/mol. The van der Waals surface area contributed by atoms with Crippen molar-refractivity contribution in [2.24, 2.45) is 5.41 Å². The molecular weight excluding hydrogens is 264 g/mol. The van der Waals surface area contributed by atoms with Crippen molar-refractivity contribution in [3.05, 3.63) is 23.8 Å². The minimum absolute atomic E-state index is 0.0126. The highest BCUT2D eigenvalue weighted by molar-refractivity contribution is 5.79. The molecule has 3 rings (SSSR count). The van der Waals surface area contributed by atoms with Gasteiger partial charge in [-0.15, -0.1) is 0 Å². The molecule has 1 heterocycles. The Bertz CT molecular complexity index is 681. The number of nitrogens with zero attached hydrogens (tertiary/aromatic N) is 2. The van der Waals surface area contributed by atoms with Crippen LogP contribution in [0.3, 0.4) is 0 Å². The monoisotopic (exact) mass is 281 g/mol. The number of fused-ring (bicyclic) bond motifs is 1. The Morgan fingerprint density at radius 3 is 2.70 bits per heavy atom. The summed E-state index contributed by atoms with van der Waals surface area (Å²) in [7, 11) is 1.66. The molecule has 1 aliphatic carbocycles. The van der Waals surface area contributed by atoms with Crippen molar-refractivity contribution < 1.29 is 13.5 Å². The highest BCUT2D eigenvalue weighted by Crippen LogP contribution is 2.52. The Morgan fingerprint density at radius 1 is 1.40 bits per heavy atom. The lowest BCUT2D eigenvalue weighted by Crippen LogP contribution is -2.51. The molecule has 0 saturated heterocycles. The quantitative estimate of drug-likeness (QED) is 0.921. The molecule has 2 atom stereocenters. The van der Waals surface area contributed by atoms with Crippen molar-refractivity contribution in [3.63, 3.8) is 0 Å². The predicted molar refractivity (Wildman–Crippen MR) is 72.3 cm³/mol. The molecule has 2 N–H and O–H groups in total. The zero-order valence-corrected chi connectivity index (χ0v) is 11.7. The summed E-state index contributed by atoms with van der Waals surface area (Å²) >= 11 is 0. The van der Waals surface area contributed by atoms with Gasteiger partial charge in [0.1, 0.15) is 11.3 Å². The van der Waals surface area contributed by atoms with E-state index in [0.717, 1.165) is 12.5 Å². The molecule has 6 heteroatoms. The number of halogens is 2. The van der Waals surface area contributed by atoms with Crippen LogP contribution in [-0.2, 0) is 4.74 Å². The van der Waals surface area contributed by atoms with Crippen LogP contribution in [0, 0.1) is 17.0 Å². The number of anilines is 1. The number of nitrogen functional groups attached to an aromatic ring is 1. The summed E-state index contributed by atoms with van der Waals surface area (Å²) in [6.07, 6.45) is 0.847. The molecule has 4 nitrogen and oxygen atoms in total. The molecule has 0 spiro atoms. The van der Waals surface area contributed by atoms with Crippen molar-refractivity contribution >= 4 is 17.0 Å². The fraction of sp³-hybridized carbons (Fsp3) is 0.500. The molecule has 108 valence electrons. The van der Waals surface area contributed by atoms with E-state index in [1.165, 1.54) is 6.07 Å². The molecule has 20 heavy (non-hydrogen) atoms. The first kappa shape index (κ1) is 13.3. The van der Waals surface area contributed by atoms with Crippen molar-refractivity contribution in [1.82, 2.24) is 9.55 Å². The third-order valence-corrected chi connectivity index (χ3v) is 4.46. The highest BCUT2D eigenvalue weighted by atomic mass is 19.1. The van der Waals surface area contributed by atoms with Crippen LogP contribution in [0.25, 0.3) is 11.0 Å². The van der Waals surface area contributed by atoms with E-state index in [1.807, 2.05) is 0 Å². The van der Waals surface area contributed by atoms with Gasteiger partial charge in [0.25, 0.3) is 0 Å². The number of imidazole rings is 1. The predicted octanol–water partition coefficient (Wildman–Crippen LogP) is 2.88. The lowest BCUT2D eigenvalue weighted by molar-refractivity contribution is -0.110. The topological polar surface area (TPSA) is 53.1 Å². The summed E-state index contributed by atoms with van der Waals surface area (Å²) in [6, 6.07) is 2.11. The van der Waals surface area contributed by atoms with E-state index in [9.17, 15) is 8.78 Å². The molecule has 0 bridgehead atoms. The Morgan fingerprint density at radius 2 is 2.10 bits per heavy atom. The largest absolute Gasteiger partial charge is 0.381 e. The molecule has 1 aromatic heterocycles. The van der Waals surface area contributed by atoms with Gasteiger partial charge in [-0.2, -0.15) is 0 Å². The van der Waals surface area contributed by atoms with E-state index in [1.54, 1.807) is 11.7 Å². The summed E-state index contributed by atoms with van der Waals surface area (Å²) < 4.78 is 34.4. The van der Waals surface area contributed by atoms with Crippen LogP contribution in [0.5, 0.6) is 0 Å². The first-order chi connectivity index (χ1) is 9.36. The van der Waals surface area contributed by atoms with E-state index >= 15 is 0 Å². The summed E-state index contributed by atoms with van der Waals surface area (Å²) in [6.45, 7) is 4.10. The van der Waals surface area contributed by atoms with Crippen molar-refractivity contribution in [3.8, 4) is 0 Å². The molecule has 0 radical (unpaired) electrons. The van der Waals surface area contributed by atoms with Crippen LogP contribution in [0.15, 0.2) is 12.1 Å². The van der Waals surface area contributed by atoms with E-state index in [-0.39, 0.29) is 29.0 Å². The zero-order chi connectivity index (χ0) is 14.7. The maximum absolute atomic E-state index is 13.8. The van der Waals surface area contributed by atoms with Crippen LogP contribution in [0.2, 0.25) is 0 Å². The van der Waals surface area contributed by atoms with E-state index in [0.29, 0.717) is 5.52 Å². The summed E-state index contributed by atoms with van der Waals surface area (Å²) in [5, 5.41) is 0. The van der Waals surface area contributed by atoms with Crippen molar-refractivity contribution in [2.75, 3.05) is 12.8 Å². The molecule has 0 amide bonds. The lowest BCUT2D eigenvalue weighted by Gasteiger charge is -2.51. The molecular formula is C14H17F2N3O. The van der Waals surface area contributed by atoms with Gasteiger partial charge in [-0.05, 0) is 6.42 Å². The summed E-state index contributed by atoms with van der Waals surface area (Å²) in [4.78, 5) is 4.03. The minimum Gasteiger partial charge on any atom is -0.381 e. The van der Waals surface area contributed by atoms with Crippen LogP contribution >= 0.6 is 0 Å². The molecule has 2 aromatic rings. The van der Waals surface area contributed by atoms with E-state index < -0.39 is 11.6 Å². The number of aromatic nitrogens is 2. The molecule has 1 fully saturated rings. The van der Waals surface area contributed by atoms with Gasteiger partial charge in [0.05, 0.1) is 11.6 Å². The third kappa shape index (κ3) is 1.64. The number of benzene rings is 1. The Hall–Kier alpha value is -1.69. The fourth-order valence-corrected chi connectivity index (χ4v) is 3.17. The molecule has 2 unspecified atom stereocenters. The van der Waals surface area contributed by atoms with E-state index in [4.69, 9.17) is 10.5 Å².